The van der Waals surface area contributed by atoms with Gasteiger partial charge in [0, 0.05) is 19.1 Å². The van der Waals surface area contributed by atoms with Crippen molar-refractivity contribution in [2.45, 2.75) is 30.0 Å². The van der Waals surface area contributed by atoms with Gasteiger partial charge in [0.15, 0.2) is 0 Å². The molecule has 0 radical (unpaired) electrons. The Morgan fingerprint density at radius 3 is 2.21 bits per heavy atom. The molecule has 0 aliphatic rings. The molecule has 6 nitrogen and oxygen atoms in total. The summed E-state index contributed by atoms with van der Waals surface area (Å²) in [4.78, 5) is 0.0798. The van der Waals surface area contributed by atoms with E-state index >= 15 is 0 Å². The molecule has 0 fully saturated rings. The highest BCUT2D eigenvalue weighted by Gasteiger charge is 2.15. The van der Waals surface area contributed by atoms with Crippen LogP contribution in [0.4, 0.5) is 0 Å². The van der Waals surface area contributed by atoms with Gasteiger partial charge in [-0.2, -0.15) is 0 Å². The molecule has 2 aromatic carbocycles. The van der Waals surface area contributed by atoms with Gasteiger partial charge in [-0.15, -0.1) is 0 Å². The predicted molar refractivity (Wildman–Crippen MR) is 93.7 cm³/mol. The highest BCUT2D eigenvalue weighted by Crippen LogP contribution is 2.09. The molecular formula is C17H23N3O3S. The van der Waals surface area contributed by atoms with Crippen LogP contribution in [0.3, 0.4) is 0 Å². The third-order valence-corrected chi connectivity index (χ3v) is 4.67. The number of aliphatic hydroxyl groups excluding tert-OH is 1. The van der Waals surface area contributed by atoms with E-state index < -0.39 is 16.1 Å². The van der Waals surface area contributed by atoms with E-state index in [1.807, 2.05) is 30.3 Å². The summed E-state index contributed by atoms with van der Waals surface area (Å²) in [6.45, 7) is 0.852. The van der Waals surface area contributed by atoms with Crippen molar-refractivity contribution >= 4 is 10.0 Å². The predicted octanol–water partition coefficient (Wildman–Crippen LogP) is 0.355. The molecule has 7 heteroatoms. The third-order valence-electron chi connectivity index (χ3n) is 3.74. The average Bonchev–Trinajstić information content (AvgIpc) is 2.55. The molecule has 0 spiro atoms. The minimum atomic E-state index is -3.67. The zero-order chi connectivity index (χ0) is 17.6. The number of benzene rings is 2. The van der Waals surface area contributed by atoms with Crippen LogP contribution < -0.4 is 16.2 Å². The zero-order valence-electron chi connectivity index (χ0n) is 13.3. The first-order valence-corrected chi connectivity index (χ1v) is 9.21. The van der Waals surface area contributed by atoms with Crippen LogP contribution in [-0.2, 0) is 23.0 Å². The molecular weight excluding hydrogens is 326 g/mol. The van der Waals surface area contributed by atoms with Crippen molar-refractivity contribution in [3.63, 3.8) is 0 Å². The Morgan fingerprint density at radius 1 is 1.00 bits per heavy atom. The summed E-state index contributed by atoms with van der Waals surface area (Å²) in [5.74, 6) is 0. The summed E-state index contributed by atoms with van der Waals surface area (Å²) in [6.07, 6.45) is -0.0684. The van der Waals surface area contributed by atoms with E-state index in [-0.39, 0.29) is 10.9 Å². The quantitative estimate of drug-likeness (QED) is 0.548. The molecule has 0 saturated heterocycles. The van der Waals surface area contributed by atoms with Gasteiger partial charge in [-0.05, 0) is 29.7 Å². The lowest BCUT2D eigenvalue weighted by Crippen LogP contribution is -2.42. The van der Waals surface area contributed by atoms with Gasteiger partial charge in [0.1, 0.15) is 0 Å². The average molecular weight is 349 g/mol. The van der Waals surface area contributed by atoms with Crippen molar-refractivity contribution in [3.8, 4) is 0 Å². The Labute approximate surface area is 142 Å². The number of hydrogen-bond acceptors (Lipinski definition) is 5. The number of nitrogens with one attached hydrogen (secondary N) is 1. The number of rotatable bonds is 8. The summed E-state index contributed by atoms with van der Waals surface area (Å²) < 4.78 is 22.4. The lowest BCUT2D eigenvalue weighted by Gasteiger charge is -2.19. The van der Waals surface area contributed by atoms with E-state index in [2.05, 4.69) is 5.32 Å². The molecule has 2 rings (SSSR count). The second-order valence-corrected chi connectivity index (χ2v) is 7.30. The van der Waals surface area contributed by atoms with Crippen LogP contribution in [0.1, 0.15) is 11.1 Å². The maximum atomic E-state index is 11.2. The van der Waals surface area contributed by atoms with Gasteiger partial charge >= 0.3 is 0 Å². The summed E-state index contributed by atoms with van der Waals surface area (Å²) in [6, 6.07) is 15.7. The summed E-state index contributed by atoms with van der Waals surface area (Å²) >= 11 is 0. The van der Waals surface area contributed by atoms with Crippen molar-refractivity contribution in [2.75, 3.05) is 6.54 Å². The lowest BCUT2D eigenvalue weighted by atomic mass is 10.0. The molecule has 2 aromatic rings. The fraction of sp³-hybridized carbons (Fsp3) is 0.294. The largest absolute Gasteiger partial charge is 0.390 e. The van der Waals surface area contributed by atoms with Crippen LogP contribution in [0.2, 0.25) is 0 Å². The van der Waals surface area contributed by atoms with Crippen LogP contribution in [0.15, 0.2) is 59.5 Å². The minimum absolute atomic E-state index is 0.0798. The molecule has 0 saturated carbocycles. The first kappa shape index (κ1) is 18.6. The second-order valence-electron chi connectivity index (χ2n) is 5.74. The number of nitrogens with two attached hydrogens (primary N) is 2. The van der Waals surface area contributed by atoms with Crippen molar-refractivity contribution in [1.82, 2.24) is 5.32 Å². The van der Waals surface area contributed by atoms with Crippen LogP contribution in [0.25, 0.3) is 0 Å². The van der Waals surface area contributed by atoms with Gasteiger partial charge in [0.25, 0.3) is 0 Å². The van der Waals surface area contributed by atoms with E-state index in [1.54, 1.807) is 12.1 Å². The van der Waals surface area contributed by atoms with E-state index in [4.69, 9.17) is 10.9 Å². The SMILES string of the molecule is N[C@@H](Cc1ccccc1)[C@H](O)CNCc1ccc(S(N)(=O)=O)cc1. The number of aliphatic hydroxyl groups is 1. The monoisotopic (exact) mass is 349 g/mol. The molecule has 6 N–H and O–H groups in total. The number of primary sulfonamides is 1. The molecule has 2 atom stereocenters. The Balaban J connectivity index is 1.78. The van der Waals surface area contributed by atoms with Crippen molar-refractivity contribution in [3.05, 3.63) is 65.7 Å². The van der Waals surface area contributed by atoms with Gasteiger partial charge < -0.3 is 16.2 Å². The highest BCUT2D eigenvalue weighted by molar-refractivity contribution is 7.89. The van der Waals surface area contributed by atoms with Crippen LogP contribution in [0, 0.1) is 0 Å². The standard InChI is InChI=1S/C17H23N3O3S/c18-16(10-13-4-2-1-3-5-13)17(21)12-20-11-14-6-8-15(9-7-14)24(19,22)23/h1-9,16-17,20-21H,10-12,18H2,(H2,19,22,23)/t16-,17+/m0/s1. The van der Waals surface area contributed by atoms with Crippen LogP contribution >= 0.6 is 0 Å². The fourth-order valence-corrected chi connectivity index (χ4v) is 2.85. The molecule has 0 aliphatic heterocycles. The minimum Gasteiger partial charge on any atom is -0.390 e. The van der Waals surface area contributed by atoms with Gasteiger partial charge in [0.05, 0.1) is 11.0 Å². The lowest BCUT2D eigenvalue weighted by molar-refractivity contribution is 0.141. The summed E-state index contributed by atoms with van der Waals surface area (Å²) in [7, 11) is -3.67. The topological polar surface area (TPSA) is 118 Å². The first-order chi connectivity index (χ1) is 11.4. The molecule has 0 aliphatic carbocycles. The maximum absolute atomic E-state index is 11.2. The van der Waals surface area contributed by atoms with Crippen LogP contribution in [0.5, 0.6) is 0 Å². The van der Waals surface area contributed by atoms with Gasteiger partial charge in [-0.3, -0.25) is 0 Å². The Kier molecular flexibility index (Phi) is 6.47. The molecule has 24 heavy (non-hydrogen) atoms. The van der Waals surface area contributed by atoms with Crippen molar-refractivity contribution in [1.29, 1.82) is 0 Å². The Morgan fingerprint density at radius 2 is 1.62 bits per heavy atom. The van der Waals surface area contributed by atoms with E-state index in [1.165, 1.54) is 12.1 Å². The van der Waals surface area contributed by atoms with E-state index in [0.29, 0.717) is 19.5 Å². The van der Waals surface area contributed by atoms with Gasteiger partial charge in [-0.1, -0.05) is 42.5 Å². The molecule has 0 amide bonds. The zero-order valence-corrected chi connectivity index (χ0v) is 14.1. The second kappa shape index (κ2) is 8.36. The summed E-state index contributed by atoms with van der Waals surface area (Å²) in [5.41, 5.74) is 8.01. The van der Waals surface area contributed by atoms with E-state index in [9.17, 15) is 13.5 Å². The van der Waals surface area contributed by atoms with Gasteiger partial charge in [-0.25, -0.2) is 13.6 Å². The molecule has 0 bridgehead atoms. The highest BCUT2D eigenvalue weighted by atomic mass is 32.2. The molecule has 0 heterocycles. The van der Waals surface area contributed by atoms with E-state index in [0.717, 1.165) is 11.1 Å². The number of sulfonamides is 1. The van der Waals surface area contributed by atoms with Gasteiger partial charge in [0.2, 0.25) is 10.0 Å². The number of hydrogen-bond donors (Lipinski definition) is 4. The maximum Gasteiger partial charge on any atom is 0.238 e. The summed E-state index contributed by atoms with van der Waals surface area (Å²) in [5, 5.41) is 18.3. The van der Waals surface area contributed by atoms with Crippen molar-refractivity contribution < 1.29 is 13.5 Å². The normalized spacial score (nSPS) is 14.3. The first-order valence-electron chi connectivity index (χ1n) is 7.66. The van der Waals surface area contributed by atoms with Crippen molar-refractivity contribution in [2.24, 2.45) is 10.9 Å². The molecule has 130 valence electrons. The third kappa shape index (κ3) is 5.70. The Bertz CT molecular complexity index is 733. The Hall–Kier alpha value is -1.77. The van der Waals surface area contributed by atoms with Crippen LogP contribution in [-0.4, -0.2) is 32.2 Å². The molecule has 0 unspecified atom stereocenters. The molecule has 0 aromatic heterocycles. The fourth-order valence-electron chi connectivity index (χ4n) is 2.34. The smallest absolute Gasteiger partial charge is 0.238 e.